The summed E-state index contributed by atoms with van der Waals surface area (Å²) >= 11 is 11.9. The third-order valence-electron chi connectivity index (χ3n) is 2.30. The zero-order valence-corrected chi connectivity index (χ0v) is 10.3. The minimum atomic E-state index is 0.324. The van der Waals surface area contributed by atoms with Crippen molar-refractivity contribution < 1.29 is 0 Å². The van der Waals surface area contributed by atoms with Crippen LogP contribution in [0.2, 0.25) is 10.3 Å². The highest BCUT2D eigenvalue weighted by atomic mass is 35.5. The standard InChI is InChI=1S/C10H11Cl2N3/c1-5(2)15-6(3)13-9-7(15)4-8(11)14-10(9)12/h4-5H,1-3H3. The molecule has 0 aliphatic heterocycles. The maximum Gasteiger partial charge on any atom is 0.158 e. The molecule has 0 saturated carbocycles. The van der Waals surface area contributed by atoms with Crippen LogP contribution >= 0.6 is 23.2 Å². The molecule has 0 radical (unpaired) electrons. The minimum Gasteiger partial charge on any atom is -0.325 e. The van der Waals surface area contributed by atoms with E-state index in [0.29, 0.717) is 21.9 Å². The SMILES string of the molecule is Cc1nc2c(Cl)nc(Cl)cc2n1C(C)C. The highest BCUT2D eigenvalue weighted by molar-refractivity contribution is 6.36. The molecule has 5 heteroatoms. The van der Waals surface area contributed by atoms with Gasteiger partial charge in [-0.2, -0.15) is 0 Å². The predicted molar refractivity (Wildman–Crippen MR) is 62.7 cm³/mol. The van der Waals surface area contributed by atoms with Gasteiger partial charge in [0.1, 0.15) is 16.5 Å². The average Bonchev–Trinajstić information content (AvgIpc) is 2.41. The summed E-state index contributed by atoms with van der Waals surface area (Å²) in [6.07, 6.45) is 0. The van der Waals surface area contributed by atoms with Crippen LogP contribution in [-0.4, -0.2) is 14.5 Å². The molecule has 2 aromatic rings. The van der Waals surface area contributed by atoms with E-state index in [2.05, 4.69) is 28.4 Å². The summed E-state index contributed by atoms with van der Waals surface area (Å²) in [5.41, 5.74) is 1.65. The molecule has 0 fully saturated rings. The van der Waals surface area contributed by atoms with Crippen molar-refractivity contribution in [2.75, 3.05) is 0 Å². The summed E-state index contributed by atoms with van der Waals surface area (Å²) in [6.45, 7) is 6.14. The topological polar surface area (TPSA) is 30.7 Å². The second kappa shape index (κ2) is 3.65. The summed E-state index contributed by atoms with van der Waals surface area (Å²) in [5, 5.41) is 0.759. The molecular weight excluding hydrogens is 233 g/mol. The van der Waals surface area contributed by atoms with Crippen molar-refractivity contribution in [1.82, 2.24) is 14.5 Å². The number of hydrogen-bond donors (Lipinski definition) is 0. The van der Waals surface area contributed by atoms with Crippen LogP contribution in [0.1, 0.15) is 25.7 Å². The number of aryl methyl sites for hydroxylation is 1. The smallest absolute Gasteiger partial charge is 0.158 e. The maximum absolute atomic E-state index is 5.98. The number of halogens is 2. The fourth-order valence-electron chi connectivity index (χ4n) is 1.79. The Labute approximate surface area is 98.0 Å². The molecule has 15 heavy (non-hydrogen) atoms. The van der Waals surface area contributed by atoms with Crippen LogP contribution < -0.4 is 0 Å². The van der Waals surface area contributed by atoms with Gasteiger partial charge < -0.3 is 4.57 Å². The molecule has 0 N–H and O–H groups in total. The third kappa shape index (κ3) is 1.70. The van der Waals surface area contributed by atoms with Crippen LogP contribution in [0.4, 0.5) is 0 Å². The Bertz CT molecular complexity index is 517. The van der Waals surface area contributed by atoms with Gasteiger partial charge in [0.05, 0.1) is 5.52 Å². The summed E-state index contributed by atoms with van der Waals surface area (Å²) in [5.74, 6) is 0.922. The normalized spacial score (nSPS) is 11.6. The van der Waals surface area contributed by atoms with E-state index >= 15 is 0 Å². The van der Waals surface area contributed by atoms with E-state index in [0.717, 1.165) is 11.3 Å². The molecule has 0 atom stereocenters. The molecule has 0 bridgehead atoms. The molecule has 0 aromatic carbocycles. The van der Waals surface area contributed by atoms with Gasteiger partial charge in [-0.15, -0.1) is 0 Å². The lowest BCUT2D eigenvalue weighted by atomic mass is 10.3. The molecule has 80 valence electrons. The van der Waals surface area contributed by atoms with Gasteiger partial charge in [-0.1, -0.05) is 23.2 Å². The van der Waals surface area contributed by atoms with E-state index < -0.39 is 0 Å². The van der Waals surface area contributed by atoms with E-state index in [-0.39, 0.29) is 0 Å². The monoisotopic (exact) mass is 243 g/mol. The van der Waals surface area contributed by atoms with E-state index in [9.17, 15) is 0 Å². The number of rotatable bonds is 1. The Hall–Kier alpha value is -0.800. The van der Waals surface area contributed by atoms with Gasteiger partial charge in [0.15, 0.2) is 5.15 Å². The van der Waals surface area contributed by atoms with Crippen molar-refractivity contribution in [2.24, 2.45) is 0 Å². The van der Waals surface area contributed by atoms with Gasteiger partial charge in [0.2, 0.25) is 0 Å². The van der Waals surface area contributed by atoms with E-state index in [1.165, 1.54) is 0 Å². The Morgan fingerprint density at radius 3 is 2.53 bits per heavy atom. The summed E-state index contributed by atoms with van der Waals surface area (Å²) < 4.78 is 2.09. The Morgan fingerprint density at radius 1 is 1.27 bits per heavy atom. The van der Waals surface area contributed by atoms with Crippen LogP contribution in [-0.2, 0) is 0 Å². The fraction of sp³-hybridized carbons (Fsp3) is 0.400. The molecule has 2 heterocycles. The van der Waals surface area contributed by atoms with E-state index in [4.69, 9.17) is 23.2 Å². The molecular formula is C10H11Cl2N3. The first-order chi connectivity index (χ1) is 7.00. The molecule has 0 amide bonds. The van der Waals surface area contributed by atoms with Gasteiger partial charge in [-0.25, -0.2) is 9.97 Å². The van der Waals surface area contributed by atoms with Crippen molar-refractivity contribution in [3.05, 3.63) is 22.2 Å². The number of imidazole rings is 1. The van der Waals surface area contributed by atoms with Crippen LogP contribution in [0.3, 0.4) is 0 Å². The molecule has 0 aliphatic rings. The molecule has 2 aromatic heterocycles. The Balaban J connectivity index is 2.86. The number of fused-ring (bicyclic) bond motifs is 1. The van der Waals surface area contributed by atoms with Crippen LogP contribution in [0.5, 0.6) is 0 Å². The van der Waals surface area contributed by atoms with Gasteiger partial charge in [0.25, 0.3) is 0 Å². The zero-order chi connectivity index (χ0) is 11.2. The Morgan fingerprint density at radius 2 is 1.93 bits per heavy atom. The number of hydrogen-bond acceptors (Lipinski definition) is 2. The minimum absolute atomic E-state index is 0.324. The lowest BCUT2D eigenvalue weighted by Gasteiger charge is -2.10. The fourth-order valence-corrected chi connectivity index (χ4v) is 2.26. The maximum atomic E-state index is 5.98. The summed E-state index contributed by atoms with van der Waals surface area (Å²) in [7, 11) is 0. The average molecular weight is 244 g/mol. The highest BCUT2D eigenvalue weighted by Gasteiger charge is 2.14. The van der Waals surface area contributed by atoms with Crippen molar-refractivity contribution >= 4 is 34.2 Å². The summed E-state index contributed by atoms with van der Waals surface area (Å²) in [6, 6.07) is 2.12. The highest BCUT2D eigenvalue weighted by Crippen LogP contribution is 2.27. The van der Waals surface area contributed by atoms with Crippen molar-refractivity contribution in [3.63, 3.8) is 0 Å². The third-order valence-corrected chi connectivity index (χ3v) is 2.75. The largest absolute Gasteiger partial charge is 0.325 e. The quantitative estimate of drug-likeness (QED) is 0.717. The van der Waals surface area contributed by atoms with E-state index in [1.807, 2.05) is 6.92 Å². The first kappa shape index (κ1) is 10.7. The molecule has 0 spiro atoms. The van der Waals surface area contributed by atoms with Gasteiger partial charge in [-0.05, 0) is 20.8 Å². The van der Waals surface area contributed by atoms with Gasteiger partial charge >= 0.3 is 0 Å². The number of aromatic nitrogens is 3. The van der Waals surface area contributed by atoms with Crippen LogP contribution in [0.25, 0.3) is 11.0 Å². The second-order valence-electron chi connectivity index (χ2n) is 3.73. The number of nitrogens with zero attached hydrogens (tertiary/aromatic N) is 3. The van der Waals surface area contributed by atoms with E-state index in [1.54, 1.807) is 6.07 Å². The van der Waals surface area contributed by atoms with Gasteiger partial charge in [-0.3, -0.25) is 0 Å². The van der Waals surface area contributed by atoms with Gasteiger partial charge in [0, 0.05) is 12.1 Å². The number of pyridine rings is 1. The first-order valence-corrected chi connectivity index (χ1v) is 5.47. The lowest BCUT2D eigenvalue weighted by Crippen LogP contribution is -2.02. The molecule has 0 saturated heterocycles. The van der Waals surface area contributed by atoms with Crippen molar-refractivity contribution in [2.45, 2.75) is 26.8 Å². The molecule has 0 unspecified atom stereocenters. The van der Waals surface area contributed by atoms with Crippen LogP contribution in [0.15, 0.2) is 6.07 Å². The first-order valence-electron chi connectivity index (χ1n) is 4.71. The zero-order valence-electron chi connectivity index (χ0n) is 8.75. The molecule has 0 aliphatic carbocycles. The molecule has 3 nitrogen and oxygen atoms in total. The van der Waals surface area contributed by atoms with Crippen LogP contribution in [0, 0.1) is 6.92 Å². The second-order valence-corrected chi connectivity index (χ2v) is 4.47. The van der Waals surface area contributed by atoms with Crippen molar-refractivity contribution in [3.8, 4) is 0 Å². The summed E-state index contributed by atoms with van der Waals surface area (Å²) in [4.78, 5) is 8.36. The lowest BCUT2D eigenvalue weighted by molar-refractivity contribution is 0.600. The molecule has 2 rings (SSSR count). The van der Waals surface area contributed by atoms with Crippen molar-refractivity contribution in [1.29, 1.82) is 0 Å². The predicted octanol–water partition coefficient (Wildman–Crippen LogP) is 3.63. The Kier molecular flexibility index (Phi) is 2.61.